The van der Waals surface area contributed by atoms with Crippen LogP contribution in [0.15, 0.2) is 29.3 Å². The van der Waals surface area contributed by atoms with Crippen LogP contribution in [-0.2, 0) is 6.54 Å². The third-order valence-electron chi connectivity index (χ3n) is 2.94. The Morgan fingerprint density at radius 2 is 1.95 bits per heavy atom. The SMILES string of the molecule is CCNC(=NCc1ccccc1OC(F)F)NC(C)CC.I. The van der Waals surface area contributed by atoms with E-state index in [1.165, 1.54) is 6.07 Å². The van der Waals surface area contributed by atoms with Crippen molar-refractivity contribution in [1.82, 2.24) is 10.6 Å². The van der Waals surface area contributed by atoms with E-state index in [1.807, 2.05) is 6.92 Å². The average Bonchev–Trinajstić information content (AvgIpc) is 2.45. The highest BCUT2D eigenvalue weighted by molar-refractivity contribution is 14.0. The van der Waals surface area contributed by atoms with Gasteiger partial charge in [0.15, 0.2) is 5.96 Å². The molecule has 0 aliphatic heterocycles. The number of alkyl halides is 2. The van der Waals surface area contributed by atoms with E-state index in [2.05, 4.69) is 34.2 Å². The number of rotatable bonds is 7. The van der Waals surface area contributed by atoms with Gasteiger partial charge in [-0.05, 0) is 26.3 Å². The second-order valence-electron chi connectivity index (χ2n) is 4.64. The molecule has 0 aliphatic rings. The summed E-state index contributed by atoms with van der Waals surface area (Å²) in [5.41, 5.74) is 0.624. The highest BCUT2D eigenvalue weighted by atomic mass is 127. The number of ether oxygens (including phenoxy) is 1. The lowest BCUT2D eigenvalue weighted by Crippen LogP contribution is -2.41. The Balaban J connectivity index is 0.00000441. The zero-order valence-corrected chi connectivity index (χ0v) is 15.4. The molecule has 0 aromatic heterocycles. The third-order valence-corrected chi connectivity index (χ3v) is 2.94. The number of hydrogen-bond acceptors (Lipinski definition) is 2. The van der Waals surface area contributed by atoms with Crippen molar-refractivity contribution in [2.24, 2.45) is 4.99 Å². The Morgan fingerprint density at radius 3 is 2.55 bits per heavy atom. The van der Waals surface area contributed by atoms with E-state index in [1.54, 1.807) is 18.2 Å². The van der Waals surface area contributed by atoms with Crippen LogP contribution in [0.2, 0.25) is 0 Å². The predicted octanol–water partition coefficient (Wildman–Crippen LogP) is 3.76. The molecule has 1 unspecified atom stereocenters. The normalized spacial score (nSPS) is 12.5. The lowest BCUT2D eigenvalue weighted by molar-refractivity contribution is -0.0504. The second-order valence-corrected chi connectivity index (χ2v) is 4.64. The van der Waals surface area contributed by atoms with Gasteiger partial charge in [-0.25, -0.2) is 4.99 Å². The summed E-state index contributed by atoms with van der Waals surface area (Å²) in [6.07, 6.45) is 0.968. The Morgan fingerprint density at radius 1 is 1.27 bits per heavy atom. The second kappa shape index (κ2) is 11.4. The Hall–Kier alpha value is -1.12. The summed E-state index contributed by atoms with van der Waals surface area (Å²) in [5.74, 6) is 0.828. The van der Waals surface area contributed by atoms with E-state index < -0.39 is 6.61 Å². The monoisotopic (exact) mass is 427 g/mol. The molecule has 0 saturated carbocycles. The van der Waals surface area contributed by atoms with Gasteiger partial charge in [0.05, 0.1) is 6.54 Å². The predicted molar refractivity (Wildman–Crippen MR) is 96.2 cm³/mol. The lowest BCUT2D eigenvalue weighted by atomic mass is 10.2. The van der Waals surface area contributed by atoms with Crippen LogP contribution in [0.3, 0.4) is 0 Å². The van der Waals surface area contributed by atoms with Crippen molar-refractivity contribution in [3.63, 3.8) is 0 Å². The quantitative estimate of drug-likeness (QED) is 0.396. The van der Waals surface area contributed by atoms with Gasteiger partial charge >= 0.3 is 6.61 Å². The van der Waals surface area contributed by atoms with Gasteiger partial charge < -0.3 is 15.4 Å². The summed E-state index contributed by atoms with van der Waals surface area (Å²) in [7, 11) is 0. The van der Waals surface area contributed by atoms with Gasteiger partial charge in [-0.1, -0.05) is 25.1 Å². The fourth-order valence-corrected chi connectivity index (χ4v) is 1.67. The fourth-order valence-electron chi connectivity index (χ4n) is 1.67. The van der Waals surface area contributed by atoms with Crippen molar-refractivity contribution in [2.45, 2.75) is 46.4 Å². The molecule has 0 heterocycles. The minimum absolute atomic E-state index is 0. The van der Waals surface area contributed by atoms with Crippen LogP contribution >= 0.6 is 24.0 Å². The molecule has 1 aromatic rings. The van der Waals surface area contributed by atoms with Crippen LogP contribution in [0.1, 0.15) is 32.8 Å². The topological polar surface area (TPSA) is 45.7 Å². The van der Waals surface area contributed by atoms with Gasteiger partial charge in [0, 0.05) is 18.2 Å². The summed E-state index contributed by atoms with van der Waals surface area (Å²) in [4.78, 5) is 4.41. The van der Waals surface area contributed by atoms with E-state index >= 15 is 0 Å². The molecule has 0 fully saturated rings. The van der Waals surface area contributed by atoms with Crippen molar-refractivity contribution in [1.29, 1.82) is 0 Å². The van der Waals surface area contributed by atoms with E-state index in [0.717, 1.165) is 13.0 Å². The van der Waals surface area contributed by atoms with Crippen molar-refractivity contribution in [3.05, 3.63) is 29.8 Å². The molecule has 7 heteroatoms. The molecule has 0 saturated heterocycles. The summed E-state index contributed by atoms with van der Waals surface area (Å²) in [5, 5.41) is 6.38. The van der Waals surface area contributed by atoms with Crippen LogP contribution in [0.5, 0.6) is 5.75 Å². The largest absolute Gasteiger partial charge is 0.434 e. The third kappa shape index (κ3) is 7.77. The van der Waals surface area contributed by atoms with Gasteiger partial charge in [0.2, 0.25) is 0 Å². The summed E-state index contributed by atoms with van der Waals surface area (Å²) < 4.78 is 29.2. The molecule has 0 amide bonds. The van der Waals surface area contributed by atoms with Gasteiger partial charge in [0.1, 0.15) is 5.75 Å². The molecule has 4 nitrogen and oxygen atoms in total. The van der Waals surface area contributed by atoms with Gasteiger partial charge in [-0.2, -0.15) is 8.78 Å². The maximum atomic E-state index is 12.4. The van der Waals surface area contributed by atoms with E-state index in [9.17, 15) is 8.78 Å². The first kappa shape index (κ1) is 20.9. The molecule has 0 spiro atoms. The Kier molecular flexibility index (Phi) is 10.9. The maximum Gasteiger partial charge on any atom is 0.387 e. The summed E-state index contributed by atoms with van der Waals surface area (Å²) in [6, 6.07) is 6.97. The van der Waals surface area contributed by atoms with Crippen LogP contribution in [0.25, 0.3) is 0 Å². The maximum absolute atomic E-state index is 12.4. The first-order valence-corrected chi connectivity index (χ1v) is 7.14. The number of guanidine groups is 1. The number of nitrogens with zero attached hydrogens (tertiary/aromatic N) is 1. The minimum atomic E-state index is -2.83. The first-order valence-electron chi connectivity index (χ1n) is 7.14. The molecule has 0 radical (unpaired) electrons. The van der Waals surface area contributed by atoms with Crippen molar-refractivity contribution >= 4 is 29.9 Å². The molecule has 22 heavy (non-hydrogen) atoms. The van der Waals surface area contributed by atoms with Gasteiger partial charge in [-0.15, -0.1) is 24.0 Å². The summed E-state index contributed by atoms with van der Waals surface area (Å²) in [6.45, 7) is 4.28. The van der Waals surface area contributed by atoms with Crippen LogP contribution < -0.4 is 15.4 Å². The van der Waals surface area contributed by atoms with Crippen molar-refractivity contribution < 1.29 is 13.5 Å². The van der Waals surface area contributed by atoms with Crippen LogP contribution in [0, 0.1) is 0 Å². The Bertz CT molecular complexity index is 458. The molecule has 1 atom stereocenters. The highest BCUT2D eigenvalue weighted by Crippen LogP contribution is 2.20. The molecular formula is C15H24F2IN3O. The zero-order valence-electron chi connectivity index (χ0n) is 13.1. The number of benzene rings is 1. The molecule has 0 bridgehead atoms. The van der Waals surface area contributed by atoms with E-state index in [-0.39, 0.29) is 42.3 Å². The number of nitrogens with one attached hydrogen (secondary N) is 2. The molecule has 1 aromatic carbocycles. The standard InChI is InChI=1S/C15H23F2N3O.HI/c1-4-11(3)20-15(18-5-2)19-10-12-8-6-7-9-13(12)21-14(16)17;/h6-9,11,14H,4-5,10H2,1-3H3,(H2,18,19,20);1H. The molecule has 126 valence electrons. The van der Waals surface area contributed by atoms with E-state index in [0.29, 0.717) is 11.5 Å². The smallest absolute Gasteiger partial charge is 0.387 e. The molecule has 1 rings (SSSR count). The molecule has 0 aliphatic carbocycles. The lowest BCUT2D eigenvalue weighted by Gasteiger charge is -2.16. The van der Waals surface area contributed by atoms with Crippen LogP contribution in [0.4, 0.5) is 8.78 Å². The van der Waals surface area contributed by atoms with Gasteiger partial charge in [0.25, 0.3) is 0 Å². The first-order chi connectivity index (χ1) is 10.1. The molecule has 2 N–H and O–H groups in total. The zero-order chi connectivity index (χ0) is 15.7. The number of para-hydroxylation sites is 1. The van der Waals surface area contributed by atoms with Crippen molar-refractivity contribution in [2.75, 3.05) is 6.54 Å². The highest BCUT2D eigenvalue weighted by Gasteiger charge is 2.09. The number of halogens is 3. The molecular weight excluding hydrogens is 403 g/mol. The number of hydrogen-bond donors (Lipinski definition) is 2. The summed E-state index contributed by atoms with van der Waals surface area (Å²) >= 11 is 0. The fraction of sp³-hybridized carbons (Fsp3) is 0.533. The minimum Gasteiger partial charge on any atom is -0.434 e. The van der Waals surface area contributed by atoms with Crippen LogP contribution in [-0.4, -0.2) is 25.2 Å². The Labute approximate surface area is 147 Å². The number of aliphatic imine (C=N–C) groups is 1. The van der Waals surface area contributed by atoms with Gasteiger partial charge in [-0.3, -0.25) is 0 Å². The average molecular weight is 427 g/mol. The van der Waals surface area contributed by atoms with Crippen molar-refractivity contribution in [3.8, 4) is 5.75 Å². The van der Waals surface area contributed by atoms with E-state index in [4.69, 9.17) is 0 Å².